The Bertz CT molecular complexity index is 1270. The van der Waals surface area contributed by atoms with Gasteiger partial charge in [0.1, 0.15) is 12.4 Å². The minimum absolute atomic E-state index is 0.0980. The fourth-order valence-corrected chi connectivity index (χ4v) is 4.21. The Hall–Kier alpha value is -3.24. The molecule has 1 N–H and O–H groups in total. The van der Waals surface area contributed by atoms with E-state index in [9.17, 15) is 26.4 Å². The number of sulfonamides is 1. The van der Waals surface area contributed by atoms with Crippen LogP contribution in [0.1, 0.15) is 21.5 Å². The Morgan fingerprint density at radius 3 is 2.20 bits per heavy atom. The summed E-state index contributed by atoms with van der Waals surface area (Å²) in [5, 5.41) is 3.18. The number of hydrogen-bond donors (Lipinski definition) is 1. The Balaban J connectivity index is 1.61. The van der Waals surface area contributed by atoms with E-state index in [4.69, 9.17) is 16.3 Å². The van der Waals surface area contributed by atoms with Crippen LogP contribution in [0, 0.1) is 0 Å². The van der Waals surface area contributed by atoms with Gasteiger partial charge in [-0.3, -0.25) is 9.10 Å². The molecule has 0 saturated carbocycles. The summed E-state index contributed by atoms with van der Waals surface area (Å²) in [6.07, 6.45) is -3.55. The first-order valence-corrected chi connectivity index (χ1v) is 12.6. The van der Waals surface area contributed by atoms with Crippen LogP contribution in [0.3, 0.4) is 0 Å². The fraction of sp³-hybridized carbons (Fsp3) is 0.208. The SMILES string of the molecule is CS(=O)(=O)N(Cc1ccc(C(=O)NCCOc2ccccc2Cl)cc1)c1ccc(C(F)(F)F)cc1. The van der Waals surface area contributed by atoms with E-state index >= 15 is 0 Å². The van der Waals surface area contributed by atoms with Gasteiger partial charge >= 0.3 is 6.18 Å². The molecule has 0 fully saturated rings. The quantitative estimate of drug-likeness (QED) is 0.392. The lowest BCUT2D eigenvalue weighted by Crippen LogP contribution is -2.29. The van der Waals surface area contributed by atoms with Crippen molar-refractivity contribution >= 4 is 33.2 Å². The molecule has 0 unspecified atom stereocenters. The molecule has 3 aromatic carbocycles. The van der Waals surface area contributed by atoms with Crippen LogP contribution < -0.4 is 14.4 Å². The number of para-hydroxylation sites is 1. The summed E-state index contributed by atoms with van der Waals surface area (Å²) in [6, 6.07) is 17.1. The van der Waals surface area contributed by atoms with Gasteiger partial charge in [0.2, 0.25) is 10.0 Å². The van der Waals surface area contributed by atoms with Crippen molar-refractivity contribution in [3.05, 3.63) is 94.5 Å². The highest BCUT2D eigenvalue weighted by Crippen LogP contribution is 2.31. The van der Waals surface area contributed by atoms with E-state index in [0.717, 1.165) is 34.8 Å². The Morgan fingerprint density at radius 2 is 1.63 bits per heavy atom. The summed E-state index contributed by atoms with van der Waals surface area (Å²) in [7, 11) is -3.78. The molecular formula is C24H22ClF3N2O4S. The predicted molar refractivity (Wildman–Crippen MR) is 128 cm³/mol. The number of carbonyl (C=O) groups is 1. The number of carbonyl (C=O) groups excluding carboxylic acids is 1. The molecule has 186 valence electrons. The lowest BCUT2D eigenvalue weighted by Gasteiger charge is -2.23. The van der Waals surface area contributed by atoms with Gasteiger partial charge in [-0.05, 0) is 54.1 Å². The molecule has 0 atom stereocenters. The topological polar surface area (TPSA) is 75.7 Å². The lowest BCUT2D eigenvalue weighted by atomic mass is 10.1. The van der Waals surface area contributed by atoms with E-state index in [1.807, 2.05) is 0 Å². The van der Waals surface area contributed by atoms with E-state index < -0.39 is 21.8 Å². The molecule has 0 spiro atoms. The zero-order chi connectivity index (χ0) is 25.6. The van der Waals surface area contributed by atoms with Gasteiger partial charge in [0.25, 0.3) is 5.91 Å². The number of hydrogen-bond acceptors (Lipinski definition) is 4. The van der Waals surface area contributed by atoms with Crippen LogP contribution in [0.4, 0.5) is 18.9 Å². The van der Waals surface area contributed by atoms with Gasteiger partial charge in [0.05, 0.1) is 35.6 Å². The molecule has 1 amide bonds. The molecule has 0 radical (unpaired) electrons. The van der Waals surface area contributed by atoms with E-state index in [0.29, 0.717) is 21.9 Å². The summed E-state index contributed by atoms with van der Waals surface area (Å²) in [6.45, 7) is 0.337. The van der Waals surface area contributed by atoms with Crippen molar-refractivity contribution in [2.45, 2.75) is 12.7 Å². The molecule has 11 heteroatoms. The van der Waals surface area contributed by atoms with E-state index in [-0.39, 0.29) is 31.3 Å². The van der Waals surface area contributed by atoms with Crippen molar-refractivity contribution in [3.63, 3.8) is 0 Å². The minimum Gasteiger partial charge on any atom is -0.490 e. The monoisotopic (exact) mass is 526 g/mol. The van der Waals surface area contributed by atoms with Gasteiger partial charge in [0, 0.05) is 5.56 Å². The van der Waals surface area contributed by atoms with E-state index in [1.54, 1.807) is 36.4 Å². The van der Waals surface area contributed by atoms with Crippen LogP contribution in [-0.2, 0) is 22.7 Å². The second-order valence-corrected chi connectivity index (χ2v) is 9.86. The lowest BCUT2D eigenvalue weighted by molar-refractivity contribution is -0.137. The molecule has 0 aromatic heterocycles. The summed E-state index contributed by atoms with van der Waals surface area (Å²) in [5.41, 5.74) is 0.129. The summed E-state index contributed by atoms with van der Waals surface area (Å²) >= 11 is 6.01. The van der Waals surface area contributed by atoms with Gasteiger partial charge in [-0.25, -0.2) is 8.42 Å². The third-order valence-electron chi connectivity index (χ3n) is 4.91. The number of ether oxygens (including phenoxy) is 1. The fourth-order valence-electron chi connectivity index (χ4n) is 3.13. The van der Waals surface area contributed by atoms with Gasteiger partial charge < -0.3 is 10.1 Å². The first-order chi connectivity index (χ1) is 16.4. The first-order valence-electron chi connectivity index (χ1n) is 10.3. The summed E-state index contributed by atoms with van der Waals surface area (Å²) in [5.74, 6) is 0.165. The molecule has 6 nitrogen and oxygen atoms in total. The number of anilines is 1. The number of amides is 1. The molecule has 3 rings (SSSR count). The Kier molecular flexibility index (Phi) is 8.29. The summed E-state index contributed by atoms with van der Waals surface area (Å²) in [4.78, 5) is 12.4. The van der Waals surface area contributed by atoms with Crippen molar-refractivity contribution in [1.82, 2.24) is 5.32 Å². The normalized spacial score (nSPS) is 11.7. The van der Waals surface area contributed by atoms with Crippen LogP contribution in [0.5, 0.6) is 5.75 Å². The highest BCUT2D eigenvalue weighted by Gasteiger charge is 2.30. The van der Waals surface area contributed by atoms with Crippen molar-refractivity contribution in [3.8, 4) is 5.75 Å². The number of alkyl halides is 3. The zero-order valence-electron chi connectivity index (χ0n) is 18.5. The molecule has 35 heavy (non-hydrogen) atoms. The van der Waals surface area contributed by atoms with Crippen LogP contribution in [0.2, 0.25) is 5.02 Å². The van der Waals surface area contributed by atoms with Gasteiger partial charge in [0.15, 0.2) is 0 Å². The first kappa shape index (κ1) is 26.4. The Morgan fingerprint density at radius 1 is 1.00 bits per heavy atom. The maximum absolute atomic E-state index is 12.8. The Labute approximate surface area is 206 Å². The van der Waals surface area contributed by atoms with Gasteiger partial charge in [-0.2, -0.15) is 13.2 Å². The van der Waals surface area contributed by atoms with Crippen LogP contribution in [0.25, 0.3) is 0 Å². The number of nitrogens with zero attached hydrogens (tertiary/aromatic N) is 1. The molecule has 0 aliphatic heterocycles. The second-order valence-electron chi connectivity index (χ2n) is 7.55. The van der Waals surface area contributed by atoms with Gasteiger partial charge in [-0.1, -0.05) is 35.9 Å². The number of nitrogens with one attached hydrogen (secondary N) is 1. The van der Waals surface area contributed by atoms with Crippen LogP contribution in [0.15, 0.2) is 72.8 Å². The second kappa shape index (κ2) is 11.0. The van der Waals surface area contributed by atoms with Crippen molar-refractivity contribution in [1.29, 1.82) is 0 Å². The maximum atomic E-state index is 12.8. The van der Waals surface area contributed by atoms with Crippen molar-refractivity contribution in [2.24, 2.45) is 0 Å². The van der Waals surface area contributed by atoms with Gasteiger partial charge in [-0.15, -0.1) is 0 Å². The average molecular weight is 527 g/mol. The molecule has 3 aromatic rings. The average Bonchev–Trinajstić information content (AvgIpc) is 2.80. The number of halogens is 4. The van der Waals surface area contributed by atoms with Crippen molar-refractivity contribution < 1.29 is 31.1 Å². The summed E-state index contributed by atoms with van der Waals surface area (Å²) < 4.78 is 69.5. The van der Waals surface area contributed by atoms with E-state index in [2.05, 4.69) is 5.32 Å². The maximum Gasteiger partial charge on any atom is 0.416 e. The van der Waals surface area contributed by atoms with Crippen molar-refractivity contribution in [2.75, 3.05) is 23.7 Å². The molecular weight excluding hydrogens is 505 g/mol. The zero-order valence-corrected chi connectivity index (χ0v) is 20.1. The minimum atomic E-state index is -4.52. The molecule has 0 saturated heterocycles. The standard InChI is InChI=1S/C24H22ClF3N2O4S/c1-35(32,33)30(20-12-10-19(11-13-20)24(26,27)28)16-17-6-8-18(9-7-17)23(31)29-14-15-34-22-5-3-2-4-21(22)25/h2-13H,14-16H2,1H3,(H,29,31). The highest BCUT2D eigenvalue weighted by molar-refractivity contribution is 7.92. The molecule has 0 aliphatic carbocycles. The molecule has 0 heterocycles. The highest BCUT2D eigenvalue weighted by atomic mass is 35.5. The van der Waals surface area contributed by atoms with E-state index in [1.165, 1.54) is 12.1 Å². The third kappa shape index (κ3) is 7.37. The van der Waals surface area contributed by atoms with Crippen LogP contribution in [-0.4, -0.2) is 33.7 Å². The smallest absolute Gasteiger partial charge is 0.416 e. The molecule has 0 aliphatic rings. The largest absolute Gasteiger partial charge is 0.490 e. The third-order valence-corrected chi connectivity index (χ3v) is 6.36. The predicted octanol–water partition coefficient (Wildman–Crippen LogP) is 5.13. The molecule has 0 bridgehead atoms. The van der Waals surface area contributed by atoms with Crippen LogP contribution >= 0.6 is 11.6 Å². The number of rotatable bonds is 9. The number of benzene rings is 3.